The molecule has 1 aliphatic heterocycles. The number of fused-ring (bicyclic) bond motifs is 1. The van der Waals surface area contributed by atoms with Gasteiger partial charge in [-0.2, -0.15) is 0 Å². The Morgan fingerprint density at radius 2 is 2.15 bits per heavy atom. The maximum Gasteiger partial charge on any atom is 0.291 e. The van der Waals surface area contributed by atoms with Gasteiger partial charge in [0, 0.05) is 17.3 Å². The molecule has 8 heteroatoms. The molecule has 0 atom stereocenters. The molecule has 0 spiro atoms. The van der Waals surface area contributed by atoms with Gasteiger partial charge in [0.05, 0.1) is 30.0 Å². The summed E-state index contributed by atoms with van der Waals surface area (Å²) in [5.74, 6) is 0.250. The first-order valence-electron chi connectivity index (χ1n) is 7.90. The summed E-state index contributed by atoms with van der Waals surface area (Å²) in [6.45, 7) is 0.894. The van der Waals surface area contributed by atoms with Gasteiger partial charge in [0.25, 0.3) is 5.91 Å². The Morgan fingerprint density at radius 3 is 2.88 bits per heavy atom. The van der Waals surface area contributed by atoms with E-state index in [9.17, 15) is 9.90 Å². The third kappa shape index (κ3) is 3.09. The molecule has 3 aromatic rings. The zero-order valence-corrected chi connectivity index (χ0v) is 14.3. The second kappa shape index (κ2) is 6.68. The normalized spacial score (nSPS) is 13.7. The molecule has 1 aromatic carbocycles. The number of aromatic hydroxyl groups is 1. The lowest BCUT2D eigenvalue weighted by molar-refractivity contribution is 0.0701. The van der Waals surface area contributed by atoms with Crippen molar-refractivity contribution in [1.82, 2.24) is 14.9 Å². The molecule has 1 aliphatic rings. The van der Waals surface area contributed by atoms with Crippen molar-refractivity contribution in [3.8, 4) is 22.8 Å². The van der Waals surface area contributed by atoms with Gasteiger partial charge in [-0.3, -0.25) is 9.78 Å². The first-order chi connectivity index (χ1) is 12.6. The number of carbonyl (C=O) groups is 1. The van der Waals surface area contributed by atoms with Crippen LogP contribution in [0, 0.1) is 0 Å². The van der Waals surface area contributed by atoms with E-state index in [4.69, 9.17) is 20.8 Å². The maximum absolute atomic E-state index is 12.5. The molecular formula is C18H14ClN3O4. The highest BCUT2D eigenvalue weighted by Gasteiger charge is 2.25. The van der Waals surface area contributed by atoms with Gasteiger partial charge >= 0.3 is 0 Å². The van der Waals surface area contributed by atoms with Crippen molar-refractivity contribution in [3.63, 3.8) is 0 Å². The SMILES string of the molecule is O=C(c1cnco1)N1CCOc2c(O)cc(-c3ccc(Cl)cn3)cc2C1. The lowest BCUT2D eigenvalue weighted by Crippen LogP contribution is -2.32. The summed E-state index contributed by atoms with van der Waals surface area (Å²) < 4.78 is 10.7. The molecule has 1 N–H and O–H groups in total. The lowest BCUT2D eigenvalue weighted by atomic mass is 10.0. The maximum atomic E-state index is 12.5. The van der Waals surface area contributed by atoms with Crippen LogP contribution >= 0.6 is 11.6 Å². The average molecular weight is 372 g/mol. The summed E-state index contributed by atoms with van der Waals surface area (Å²) in [4.78, 5) is 22.2. The van der Waals surface area contributed by atoms with Crippen LogP contribution in [-0.4, -0.2) is 39.0 Å². The molecule has 132 valence electrons. The number of nitrogens with zero attached hydrogens (tertiary/aromatic N) is 3. The van der Waals surface area contributed by atoms with Crippen molar-refractivity contribution in [2.24, 2.45) is 0 Å². The highest BCUT2D eigenvalue weighted by molar-refractivity contribution is 6.30. The van der Waals surface area contributed by atoms with Crippen molar-refractivity contribution in [2.75, 3.05) is 13.2 Å². The van der Waals surface area contributed by atoms with E-state index in [1.807, 2.05) is 6.07 Å². The lowest BCUT2D eigenvalue weighted by Gasteiger charge is -2.18. The Labute approximate surface area is 153 Å². The molecular weight excluding hydrogens is 358 g/mol. The van der Waals surface area contributed by atoms with E-state index >= 15 is 0 Å². The summed E-state index contributed by atoms with van der Waals surface area (Å²) in [5.41, 5.74) is 2.04. The van der Waals surface area contributed by atoms with Crippen molar-refractivity contribution in [2.45, 2.75) is 6.54 Å². The third-order valence-corrected chi connectivity index (χ3v) is 4.29. The van der Waals surface area contributed by atoms with E-state index in [1.54, 1.807) is 23.1 Å². The molecule has 0 radical (unpaired) electrons. The van der Waals surface area contributed by atoms with Gasteiger partial charge in [-0.15, -0.1) is 0 Å². The molecule has 0 saturated carbocycles. The number of phenolic OH excluding ortho intramolecular Hbond substituents is 1. The number of pyridine rings is 1. The number of hydrogen-bond donors (Lipinski definition) is 1. The minimum absolute atomic E-state index is 0.00298. The Balaban J connectivity index is 1.69. The van der Waals surface area contributed by atoms with Crippen LogP contribution in [0.5, 0.6) is 11.5 Å². The van der Waals surface area contributed by atoms with Gasteiger partial charge in [-0.05, 0) is 24.3 Å². The van der Waals surface area contributed by atoms with Gasteiger partial charge < -0.3 is 19.2 Å². The summed E-state index contributed by atoms with van der Waals surface area (Å²) in [7, 11) is 0. The van der Waals surface area contributed by atoms with Gasteiger partial charge in [-0.1, -0.05) is 11.6 Å². The topological polar surface area (TPSA) is 88.7 Å². The summed E-state index contributed by atoms with van der Waals surface area (Å²) >= 11 is 5.88. The molecule has 0 bridgehead atoms. The van der Waals surface area contributed by atoms with Crippen molar-refractivity contribution in [3.05, 3.63) is 59.4 Å². The van der Waals surface area contributed by atoms with Gasteiger partial charge in [0.15, 0.2) is 17.9 Å². The van der Waals surface area contributed by atoms with Crippen LogP contribution in [-0.2, 0) is 6.54 Å². The monoisotopic (exact) mass is 371 g/mol. The smallest absolute Gasteiger partial charge is 0.291 e. The van der Waals surface area contributed by atoms with Crippen molar-refractivity contribution in [1.29, 1.82) is 0 Å². The molecule has 2 aromatic heterocycles. The fourth-order valence-electron chi connectivity index (χ4n) is 2.84. The van der Waals surface area contributed by atoms with Crippen LogP contribution in [0.25, 0.3) is 11.3 Å². The van der Waals surface area contributed by atoms with Gasteiger partial charge in [0.2, 0.25) is 5.76 Å². The Hall–Kier alpha value is -3.06. The molecule has 0 fully saturated rings. The third-order valence-electron chi connectivity index (χ3n) is 4.07. The summed E-state index contributed by atoms with van der Waals surface area (Å²) in [6.07, 6.45) is 4.13. The van der Waals surface area contributed by atoms with Gasteiger partial charge in [0.1, 0.15) is 6.61 Å². The molecule has 4 rings (SSSR count). The average Bonchev–Trinajstić information content (AvgIpc) is 3.08. The predicted octanol–water partition coefficient (Wildman–Crippen LogP) is 3.13. The van der Waals surface area contributed by atoms with E-state index < -0.39 is 0 Å². The number of aromatic nitrogens is 2. The van der Waals surface area contributed by atoms with E-state index in [1.165, 1.54) is 18.8 Å². The minimum atomic E-state index is -0.284. The molecule has 7 nitrogen and oxygen atoms in total. The summed E-state index contributed by atoms with van der Waals surface area (Å²) in [6, 6.07) is 6.92. The van der Waals surface area contributed by atoms with E-state index in [0.29, 0.717) is 34.1 Å². The van der Waals surface area contributed by atoms with E-state index in [-0.39, 0.29) is 30.6 Å². The zero-order chi connectivity index (χ0) is 18.1. The molecule has 26 heavy (non-hydrogen) atoms. The number of oxazole rings is 1. The Bertz CT molecular complexity index is 942. The highest BCUT2D eigenvalue weighted by Crippen LogP contribution is 2.37. The number of rotatable bonds is 2. The number of carbonyl (C=O) groups excluding carboxylic acids is 1. The van der Waals surface area contributed by atoms with Crippen LogP contribution in [0.15, 0.2) is 47.5 Å². The Kier molecular flexibility index (Phi) is 4.22. The van der Waals surface area contributed by atoms with E-state index in [0.717, 1.165) is 0 Å². The van der Waals surface area contributed by atoms with Crippen molar-refractivity contribution < 1.29 is 19.1 Å². The van der Waals surface area contributed by atoms with Crippen LogP contribution in [0.1, 0.15) is 16.1 Å². The summed E-state index contributed by atoms with van der Waals surface area (Å²) in [5, 5.41) is 10.9. The highest BCUT2D eigenvalue weighted by atomic mass is 35.5. The number of amides is 1. The standard InChI is InChI=1S/C18H14ClN3O4/c19-13-1-2-14(21-7-13)11-5-12-9-22(18(24)16-8-20-10-26-16)3-4-25-17(12)15(23)6-11/h1-2,5-8,10,23H,3-4,9H2. The predicted molar refractivity (Wildman–Crippen MR) is 93.1 cm³/mol. The fourth-order valence-corrected chi connectivity index (χ4v) is 2.96. The van der Waals surface area contributed by atoms with Crippen LogP contribution < -0.4 is 4.74 Å². The molecule has 0 unspecified atom stereocenters. The number of ether oxygens (including phenoxy) is 1. The molecule has 1 amide bonds. The quantitative estimate of drug-likeness (QED) is 0.744. The minimum Gasteiger partial charge on any atom is -0.504 e. The van der Waals surface area contributed by atoms with Gasteiger partial charge in [-0.25, -0.2) is 4.98 Å². The zero-order valence-electron chi connectivity index (χ0n) is 13.6. The number of phenols is 1. The Morgan fingerprint density at radius 1 is 1.27 bits per heavy atom. The first-order valence-corrected chi connectivity index (χ1v) is 8.28. The molecule has 0 saturated heterocycles. The van der Waals surface area contributed by atoms with Crippen LogP contribution in [0.3, 0.4) is 0 Å². The number of benzene rings is 1. The first kappa shape index (κ1) is 16.4. The molecule has 0 aliphatic carbocycles. The second-order valence-corrected chi connectivity index (χ2v) is 6.22. The van der Waals surface area contributed by atoms with Crippen LogP contribution in [0.2, 0.25) is 5.02 Å². The second-order valence-electron chi connectivity index (χ2n) is 5.79. The number of hydrogen-bond acceptors (Lipinski definition) is 6. The largest absolute Gasteiger partial charge is 0.504 e. The molecule has 3 heterocycles. The van der Waals surface area contributed by atoms with Crippen LogP contribution in [0.4, 0.5) is 0 Å². The van der Waals surface area contributed by atoms with Crippen molar-refractivity contribution >= 4 is 17.5 Å². The van der Waals surface area contributed by atoms with E-state index in [2.05, 4.69) is 9.97 Å². The fraction of sp³-hybridized carbons (Fsp3) is 0.167. The number of halogens is 1.